The molecule has 0 bridgehead atoms. The molecule has 0 radical (unpaired) electrons. The lowest BCUT2D eigenvalue weighted by atomic mass is 10.3. The van der Waals surface area contributed by atoms with E-state index in [-0.39, 0.29) is 0 Å². The molecule has 3 N–H and O–H groups in total. The average Bonchev–Trinajstić information content (AvgIpc) is 2.16. The van der Waals surface area contributed by atoms with E-state index in [4.69, 9.17) is 10.6 Å². The van der Waals surface area contributed by atoms with Crippen molar-refractivity contribution in [3.8, 4) is 0 Å². The number of hydrogen-bond donors (Lipinski definition) is 2. The highest BCUT2D eigenvalue weighted by Crippen LogP contribution is 2.07. The molecule has 1 atom stereocenters. The van der Waals surface area contributed by atoms with E-state index in [9.17, 15) is 4.39 Å². The van der Waals surface area contributed by atoms with E-state index < -0.39 is 11.9 Å². The van der Waals surface area contributed by atoms with Crippen LogP contribution >= 0.6 is 0 Å². The molecule has 5 heteroatoms. The summed E-state index contributed by atoms with van der Waals surface area (Å²) >= 11 is 0. The lowest BCUT2D eigenvalue weighted by Gasteiger charge is -2.11. The van der Waals surface area contributed by atoms with Gasteiger partial charge in [0.2, 0.25) is 5.90 Å². The molecule has 1 unspecified atom stereocenters. The molecule has 0 aromatic carbocycles. The van der Waals surface area contributed by atoms with Crippen LogP contribution in [0.2, 0.25) is 0 Å². The summed E-state index contributed by atoms with van der Waals surface area (Å²) in [6, 6.07) is 0. The highest BCUT2D eigenvalue weighted by Gasteiger charge is 2.08. The minimum atomic E-state index is -0.728. The first kappa shape index (κ1) is 14.4. The molecule has 0 rings (SSSR count). The molecule has 0 saturated carbocycles. The minimum absolute atomic E-state index is 0.304. The second kappa shape index (κ2) is 7.64. The van der Waals surface area contributed by atoms with Gasteiger partial charge >= 0.3 is 0 Å². The molecule has 0 saturated heterocycles. The summed E-state index contributed by atoms with van der Waals surface area (Å²) in [4.78, 5) is 3.96. The van der Waals surface area contributed by atoms with Crippen molar-refractivity contribution in [3.05, 3.63) is 36.5 Å². The van der Waals surface area contributed by atoms with Crippen LogP contribution in [-0.4, -0.2) is 12.0 Å². The fraction of sp³-hybridized carbons (Fsp3) is 0.364. The Morgan fingerprint density at radius 3 is 2.62 bits per heavy atom. The molecule has 0 fully saturated rings. The molecular formula is C11H18FN3O. The quantitative estimate of drug-likeness (QED) is 0.327. The highest BCUT2D eigenvalue weighted by atomic mass is 19.1. The van der Waals surface area contributed by atoms with Gasteiger partial charge in [-0.25, -0.2) is 9.38 Å². The summed E-state index contributed by atoms with van der Waals surface area (Å²) in [6.07, 6.45) is 3.81. The van der Waals surface area contributed by atoms with E-state index in [0.29, 0.717) is 5.90 Å². The zero-order chi connectivity index (χ0) is 12.6. The largest absolute Gasteiger partial charge is 0.467 e. The number of halogens is 1. The zero-order valence-electron chi connectivity index (χ0n) is 9.83. The van der Waals surface area contributed by atoms with E-state index in [1.165, 1.54) is 12.4 Å². The van der Waals surface area contributed by atoms with Crippen LogP contribution in [0.1, 0.15) is 20.8 Å². The first-order valence-corrected chi connectivity index (χ1v) is 4.82. The third-order valence-electron chi connectivity index (χ3n) is 1.52. The molecule has 4 nitrogen and oxygen atoms in total. The van der Waals surface area contributed by atoms with Gasteiger partial charge in [0.25, 0.3) is 0 Å². The smallest absolute Gasteiger partial charge is 0.213 e. The highest BCUT2D eigenvalue weighted by molar-refractivity contribution is 5.88. The Balaban J connectivity index is 4.68. The van der Waals surface area contributed by atoms with Crippen molar-refractivity contribution in [3.63, 3.8) is 0 Å². The van der Waals surface area contributed by atoms with Crippen LogP contribution < -0.4 is 11.3 Å². The van der Waals surface area contributed by atoms with Crippen LogP contribution in [-0.2, 0) is 4.74 Å². The monoisotopic (exact) mass is 227 g/mol. The maximum Gasteiger partial charge on any atom is 0.213 e. The Kier molecular flexibility index (Phi) is 6.87. The van der Waals surface area contributed by atoms with Crippen molar-refractivity contribution < 1.29 is 9.13 Å². The second-order valence-electron chi connectivity index (χ2n) is 3.38. The topological polar surface area (TPSA) is 59.6 Å². The summed E-state index contributed by atoms with van der Waals surface area (Å²) in [7, 11) is 0. The van der Waals surface area contributed by atoms with Gasteiger partial charge < -0.3 is 10.2 Å². The van der Waals surface area contributed by atoms with E-state index in [0.717, 1.165) is 5.57 Å². The van der Waals surface area contributed by atoms with Gasteiger partial charge in [-0.3, -0.25) is 5.84 Å². The molecule has 90 valence electrons. The normalized spacial score (nSPS) is 13.4. The molecule has 0 aromatic rings. The Bertz CT molecular complexity index is 317. The van der Waals surface area contributed by atoms with Gasteiger partial charge in [-0.1, -0.05) is 12.2 Å². The van der Waals surface area contributed by atoms with E-state index in [1.807, 2.05) is 13.8 Å². The van der Waals surface area contributed by atoms with Gasteiger partial charge in [0.1, 0.15) is 11.9 Å². The van der Waals surface area contributed by atoms with Crippen LogP contribution in [0, 0.1) is 0 Å². The Morgan fingerprint density at radius 1 is 1.56 bits per heavy atom. The minimum Gasteiger partial charge on any atom is -0.467 e. The predicted octanol–water partition coefficient (Wildman–Crippen LogP) is 2.17. The maximum atomic E-state index is 12.7. The standard InChI is InChI=1S/C11H18FN3O/c1-8(2)7-11(14-5-6-15-13)16-10(4)9(3)12/h5-7,10,15H,3,13H2,1-2,4H3/b6-5+,14-11?. The number of hydrogen-bond acceptors (Lipinski definition) is 4. The third-order valence-corrected chi connectivity index (χ3v) is 1.52. The van der Waals surface area contributed by atoms with Crippen LogP contribution in [0.15, 0.2) is 41.4 Å². The van der Waals surface area contributed by atoms with Crippen molar-refractivity contribution in [1.29, 1.82) is 0 Å². The van der Waals surface area contributed by atoms with Crippen molar-refractivity contribution in [1.82, 2.24) is 5.43 Å². The van der Waals surface area contributed by atoms with E-state index >= 15 is 0 Å². The van der Waals surface area contributed by atoms with Crippen LogP contribution in [0.25, 0.3) is 0 Å². The summed E-state index contributed by atoms with van der Waals surface area (Å²) in [5, 5.41) is 0. The average molecular weight is 227 g/mol. The molecule has 0 heterocycles. The fourth-order valence-electron chi connectivity index (χ4n) is 0.747. The Hall–Kier alpha value is -1.62. The predicted molar refractivity (Wildman–Crippen MR) is 64.1 cm³/mol. The fourth-order valence-corrected chi connectivity index (χ4v) is 0.747. The number of rotatable bonds is 5. The number of nitrogens with zero attached hydrogens (tertiary/aromatic N) is 1. The number of ether oxygens (including phenoxy) is 1. The van der Waals surface area contributed by atoms with E-state index in [2.05, 4.69) is 17.0 Å². The zero-order valence-corrected chi connectivity index (χ0v) is 9.83. The van der Waals surface area contributed by atoms with Gasteiger partial charge in [0.05, 0.1) is 0 Å². The first-order chi connectivity index (χ1) is 7.47. The molecule has 16 heavy (non-hydrogen) atoms. The van der Waals surface area contributed by atoms with Crippen LogP contribution in [0.4, 0.5) is 4.39 Å². The molecule has 0 aliphatic carbocycles. The molecule has 0 aliphatic heterocycles. The van der Waals surface area contributed by atoms with Crippen molar-refractivity contribution in [2.24, 2.45) is 10.8 Å². The first-order valence-electron chi connectivity index (χ1n) is 4.82. The molecule has 0 spiro atoms. The van der Waals surface area contributed by atoms with Gasteiger partial charge in [-0.2, -0.15) is 0 Å². The van der Waals surface area contributed by atoms with Crippen molar-refractivity contribution in [2.75, 3.05) is 0 Å². The summed E-state index contributed by atoms with van der Waals surface area (Å²) < 4.78 is 18.0. The Morgan fingerprint density at radius 2 is 2.19 bits per heavy atom. The van der Waals surface area contributed by atoms with Gasteiger partial charge in [0.15, 0.2) is 0 Å². The third kappa shape index (κ3) is 6.78. The van der Waals surface area contributed by atoms with Gasteiger partial charge in [0, 0.05) is 12.4 Å². The summed E-state index contributed by atoms with van der Waals surface area (Å²) in [5.41, 5.74) is 3.29. The van der Waals surface area contributed by atoms with Crippen LogP contribution in [0.3, 0.4) is 0 Å². The molecular weight excluding hydrogens is 209 g/mol. The number of nitrogens with one attached hydrogen (secondary N) is 1. The molecule has 0 aliphatic rings. The number of aliphatic imine (C=N–C) groups is 1. The van der Waals surface area contributed by atoms with Gasteiger partial charge in [-0.15, -0.1) is 0 Å². The number of hydrazine groups is 1. The summed E-state index contributed by atoms with van der Waals surface area (Å²) in [6.45, 7) is 8.50. The SMILES string of the molecule is C=C(F)C(C)OC(C=C(C)C)=N/C=C/NN. The molecule has 0 aromatic heterocycles. The second-order valence-corrected chi connectivity index (χ2v) is 3.38. The number of nitrogens with two attached hydrogens (primary N) is 1. The lowest BCUT2D eigenvalue weighted by Crippen LogP contribution is -2.14. The van der Waals surface area contributed by atoms with Gasteiger partial charge in [-0.05, 0) is 26.8 Å². The van der Waals surface area contributed by atoms with Crippen LogP contribution in [0.5, 0.6) is 0 Å². The van der Waals surface area contributed by atoms with Crippen molar-refractivity contribution >= 4 is 5.90 Å². The lowest BCUT2D eigenvalue weighted by molar-refractivity contribution is 0.217. The van der Waals surface area contributed by atoms with E-state index in [1.54, 1.807) is 13.0 Å². The number of allylic oxidation sites excluding steroid dienone is 1. The molecule has 0 amide bonds. The Labute approximate surface area is 95.4 Å². The summed E-state index contributed by atoms with van der Waals surface area (Å²) in [5.74, 6) is 4.79. The maximum absolute atomic E-state index is 12.7. The van der Waals surface area contributed by atoms with Crippen molar-refractivity contribution in [2.45, 2.75) is 26.9 Å².